The molecule has 132 valence electrons. The van der Waals surface area contributed by atoms with Crippen LogP contribution in [0, 0.1) is 16.2 Å². The third-order valence-electron chi connectivity index (χ3n) is 4.07. The van der Waals surface area contributed by atoms with Crippen LogP contribution in [-0.4, -0.2) is 17.7 Å². The highest BCUT2D eigenvalue weighted by Crippen LogP contribution is 2.58. The Morgan fingerprint density at radius 3 is 1.55 bits per heavy atom. The van der Waals surface area contributed by atoms with Crippen molar-refractivity contribution in [1.29, 1.82) is 0 Å². The van der Waals surface area contributed by atoms with E-state index in [1.807, 2.05) is 0 Å². The van der Waals surface area contributed by atoms with Gasteiger partial charge in [0.05, 0.1) is 0 Å². The monoisotopic (exact) mass is 324 g/mol. The van der Waals surface area contributed by atoms with Gasteiger partial charge in [0.25, 0.3) is 0 Å². The SMILES string of the molecule is CCC(C)(C)C(CC(C)(C)C)(C(=O)OC(C)(C)C)C(F)(F)F. The second kappa shape index (κ2) is 6.04. The highest BCUT2D eigenvalue weighted by Gasteiger charge is 2.69. The molecular weight excluding hydrogens is 293 g/mol. The lowest BCUT2D eigenvalue weighted by Crippen LogP contribution is -2.58. The Morgan fingerprint density at radius 2 is 1.32 bits per heavy atom. The lowest BCUT2D eigenvalue weighted by molar-refractivity contribution is -0.276. The molecule has 0 heterocycles. The lowest BCUT2D eigenvalue weighted by atomic mass is 9.57. The maximum absolute atomic E-state index is 14.1. The Hall–Kier alpha value is -0.740. The van der Waals surface area contributed by atoms with E-state index in [1.165, 1.54) is 13.8 Å². The maximum atomic E-state index is 14.1. The van der Waals surface area contributed by atoms with Gasteiger partial charge in [-0.3, -0.25) is 4.79 Å². The second-order valence-electron chi connectivity index (χ2n) is 8.88. The molecule has 22 heavy (non-hydrogen) atoms. The molecule has 0 N–H and O–H groups in total. The van der Waals surface area contributed by atoms with Crippen LogP contribution in [0.25, 0.3) is 0 Å². The fourth-order valence-electron chi connectivity index (χ4n) is 2.65. The number of esters is 1. The minimum Gasteiger partial charge on any atom is -0.459 e. The first kappa shape index (κ1) is 21.3. The van der Waals surface area contributed by atoms with E-state index in [4.69, 9.17) is 4.74 Å². The third-order valence-corrected chi connectivity index (χ3v) is 4.07. The molecule has 0 radical (unpaired) electrons. The molecule has 0 saturated heterocycles. The zero-order valence-electron chi connectivity index (χ0n) is 15.4. The summed E-state index contributed by atoms with van der Waals surface area (Å²) >= 11 is 0. The molecule has 0 aliphatic rings. The number of halogens is 3. The Kier molecular flexibility index (Phi) is 5.84. The van der Waals surface area contributed by atoms with E-state index >= 15 is 0 Å². The summed E-state index contributed by atoms with van der Waals surface area (Å²) in [5.74, 6) is -1.17. The topological polar surface area (TPSA) is 26.3 Å². The van der Waals surface area contributed by atoms with E-state index in [1.54, 1.807) is 48.5 Å². The van der Waals surface area contributed by atoms with Crippen LogP contribution in [0.15, 0.2) is 0 Å². The molecular formula is C17H31F3O2. The smallest absolute Gasteiger partial charge is 0.405 e. The number of hydrogen-bond donors (Lipinski definition) is 0. The van der Waals surface area contributed by atoms with Crippen molar-refractivity contribution >= 4 is 5.97 Å². The first-order valence-corrected chi connectivity index (χ1v) is 7.70. The van der Waals surface area contributed by atoms with Crippen LogP contribution in [0.2, 0.25) is 0 Å². The molecule has 0 rings (SSSR count). The van der Waals surface area contributed by atoms with Crippen molar-refractivity contribution < 1.29 is 22.7 Å². The van der Waals surface area contributed by atoms with E-state index in [0.717, 1.165) is 0 Å². The van der Waals surface area contributed by atoms with Gasteiger partial charge in [-0.2, -0.15) is 13.2 Å². The summed E-state index contributed by atoms with van der Waals surface area (Å²) in [6, 6.07) is 0. The van der Waals surface area contributed by atoms with Crippen LogP contribution in [0.4, 0.5) is 13.2 Å². The van der Waals surface area contributed by atoms with E-state index in [0.29, 0.717) is 0 Å². The van der Waals surface area contributed by atoms with Gasteiger partial charge in [0.15, 0.2) is 5.41 Å². The van der Waals surface area contributed by atoms with Crippen LogP contribution >= 0.6 is 0 Å². The van der Waals surface area contributed by atoms with Gasteiger partial charge in [0.1, 0.15) is 5.60 Å². The van der Waals surface area contributed by atoms with Crippen LogP contribution < -0.4 is 0 Å². The number of rotatable bonds is 4. The van der Waals surface area contributed by atoms with Gasteiger partial charge in [-0.05, 0) is 44.4 Å². The second-order valence-corrected chi connectivity index (χ2v) is 8.88. The number of carbonyl (C=O) groups excluding carboxylic acids is 1. The Bertz CT molecular complexity index is 398. The van der Waals surface area contributed by atoms with E-state index in [-0.39, 0.29) is 12.8 Å². The minimum absolute atomic E-state index is 0.224. The van der Waals surface area contributed by atoms with Crippen LogP contribution in [0.5, 0.6) is 0 Å². The van der Waals surface area contributed by atoms with Crippen molar-refractivity contribution in [2.45, 2.75) is 86.9 Å². The summed E-state index contributed by atoms with van der Waals surface area (Å²) in [6.45, 7) is 14.6. The Labute approximate surface area is 132 Å². The zero-order valence-corrected chi connectivity index (χ0v) is 15.4. The van der Waals surface area contributed by atoms with E-state index < -0.39 is 34.0 Å². The summed E-state index contributed by atoms with van der Waals surface area (Å²) in [5, 5.41) is 0. The molecule has 0 aliphatic carbocycles. The number of hydrogen-bond acceptors (Lipinski definition) is 2. The number of alkyl halides is 3. The van der Waals surface area contributed by atoms with Crippen LogP contribution in [-0.2, 0) is 9.53 Å². The van der Waals surface area contributed by atoms with Gasteiger partial charge in [0.2, 0.25) is 0 Å². The molecule has 1 unspecified atom stereocenters. The molecule has 2 nitrogen and oxygen atoms in total. The van der Waals surface area contributed by atoms with Crippen molar-refractivity contribution in [2.24, 2.45) is 16.2 Å². The Balaban J connectivity index is 6.29. The molecule has 5 heteroatoms. The van der Waals surface area contributed by atoms with Crippen molar-refractivity contribution in [3.05, 3.63) is 0 Å². The van der Waals surface area contributed by atoms with Gasteiger partial charge in [-0.25, -0.2) is 0 Å². The Morgan fingerprint density at radius 1 is 0.909 bits per heavy atom. The molecule has 0 fully saturated rings. The maximum Gasteiger partial charge on any atom is 0.405 e. The summed E-state index contributed by atoms with van der Waals surface area (Å²) in [5.41, 5.74) is -5.42. The molecule has 1 atom stereocenters. The molecule has 0 amide bonds. The molecule has 0 aliphatic heterocycles. The highest BCUT2D eigenvalue weighted by atomic mass is 19.4. The predicted molar refractivity (Wildman–Crippen MR) is 82.5 cm³/mol. The molecule has 0 aromatic heterocycles. The van der Waals surface area contributed by atoms with Gasteiger partial charge in [0, 0.05) is 0 Å². The zero-order chi connectivity index (χ0) is 18.2. The quantitative estimate of drug-likeness (QED) is 0.615. The molecule has 0 aromatic rings. The van der Waals surface area contributed by atoms with Crippen molar-refractivity contribution in [2.75, 3.05) is 0 Å². The van der Waals surface area contributed by atoms with E-state index in [9.17, 15) is 18.0 Å². The van der Waals surface area contributed by atoms with Crippen molar-refractivity contribution in [3.8, 4) is 0 Å². The van der Waals surface area contributed by atoms with Gasteiger partial charge in [-0.1, -0.05) is 41.5 Å². The summed E-state index contributed by atoms with van der Waals surface area (Å²) < 4.78 is 47.5. The fourth-order valence-corrected chi connectivity index (χ4v) is 2.65. The first-order valence-electron chi connectivity index (χ1n) is 7.70. The average Bonchev–Trinajstić information content (AvgIpc) is 2.19. The average molecular weight is 324 g/mol. The number of ether oxygens (including phenoxy) is 1. The van der Waals surface area contributed by atoms with Crippen LogP contribution in [0.1, 0.15) is 75.2 Å². The summed E-state index contributed by atoms with van der Waals surface area (Å²) in [4.78, 5) is 12.7. The number of carbonyl (C=O) groups is 1. The lowest BCUT2D eigenvalue weighted by Gasteiger charge is -2.48. The standard InChI is InChI=1S/C17H31F3O2/c1-10-15(8,9)16(17(18,19)20,11-13(2,3)4)12(21)22-14(5,6)7/h10-11H2,1-9H3. The van der Waals surface area contributed by atoms with Crippen LogP contribution in [0.3, 0.4) is 0 Å². The van der Waals surface area contributed by atoms with E-state index in [2.05, 4.69) is 0 Å². The summed E-state index contributed by atoms with van der Waals surface area (Å²) in [7, 11) is 0. The normalized spacial score (nSPS) is 17.1. The van der Waals surface area contributed by atoms with Crippen molar-refractivity contribution in [1.82, 2.24) is 0 Å². The molecule has 0 aromatic carbocycles. The minimum atomic E-state index is -4.68. The van der Waals surface area contributed by atoms with Gasteiger partial charge < -0.3 is 4.74 Å². The molecule has 0 spiro atoms. The summed E-state index contributed by atoms with van der Waals surface area (Å²) in [6.07, 6.45) is -4.76. The molecule has 0 saturated carbocycles. The molecule has 0 bridgehead atoms. The largest absolute Gasteiger partial charge is 0.459 e. The van der Waals surface area contributed by atoms with Crippen molar-refractivity contribution in [3.63, 3.8) is 0 Å². The fraction of sp³-hybridized carbons (Fsp3) is 0.941. The predicted octanol–water partition coefficient (Wildman–Crippen LogP) is 5.75. The van der Waals surface area contributed by atoms with Gasteiger partial charge in [-0.15, -0.1) is 0 Å². The first-order chi connectivity index (χ1) is 9.40. The third kappa shape index (κ3) is 4.63. The highest BCUT2D eigenvalue weighted by molar-refractivity contribution is 5.79. The van der Waals surface area contributed by atoms with Gasteiger partial charge >= 0.3 is 12.1 Å².